The maximum Gasteiger partial charge on any atom is 0.0886 e. The Hall–Kier alpha value is -5.34. The van der Waals surface area contributed by atoms with Gasteiger partial charge in [0.1, 0.15) is 0 Å². The zero-order chi connectivity index (χ0) is 49.6. The molecule has 0 spiro atoms. The SMILES string of the molecule is CCCCc1csc(/C=C/c2ccc(-c3ccc(/C=C/c4sc(/C=C/c5ccc(-c6ccc(/C=C/c7scc(CCCC)c7CCCC)cn6)nc5)c(CCCC)c4CCCC)cn3)nc2)c1CCCC. The summed E-state index contributed by atoms with van der Waals surface area (Å²) in [5.74, 6) is 0. The van der Waals surface area contributed by atoms with Crippen LogP contribution in [0.15, 0.2) is 84.1 Å². The quantitative estimate of drug-likeness (QED) is 0.0491. The second kappa shape index (κ2) is 28.6. The minimum atomic E-state index is 0.883. The molecular formula is C64H76N4S3. The Morgan fingerprint density at radius 2 is 0.606 bits per heavy atom. The highest BCUT2D eigenvalue weighted by Crippen LogP contribution is 2.35. The molecule has 0 N–H and O–H groups in total. The smallest absolute Gasteiger partial charge is 0.0886 e. The van der Waals surface area contributed by atoms with E-state index in [0.29, 0.717) is 0 Å². The summed E-state index contributed by atoms with van der Waals surface area (Å²) in [6.45, 7) is 13.7. The first-order valence-electron chi connectivity index (χ1n) is 26.8. The summed E-state index contributed by atoms with van der Waals surface area (Å²) in [6.07, 6.45) is 47.4. The van der Waals surface area contributed by atoms with E-state index in [4.69, 9.17) is 19.9 Å². The van der Waals surface area contributed by atoms with Crippen molar-refractivity contribution in [3.8, 4) is 22.8 Å². The predicted octanol–water partition coefficient (Wildman–Crippen LogP) is 19.5. The van der Waals surface area contributed by atoms with Crippen LogP contribution in [-0.2, 0) is 38.5 Å². The van der Waals surface area contributed by atoms with Crippen LogP contribution in [0.3, 0.4) is 0 Å². The molecule has 0 saturated heterocycles. The summed E-state index contributed by atoms with van der Waals surface area (Å²) < 4.78 is 0. The highest BCUT2D eigenvalue weighted by molar-refractivity contribution is 7.14. The van der Waals surface area contributed by atoms with E-state index < -0.39 is 0 Å². The van der Waals surface area contributed by atoms with E-state index in [2.05, 4.69) is 149 Å². The Morgan fingerprint density at radius 1 is 0.324 bits per heavy atom. The van der Waals surface area contributed by atoms with Crippen LogP contribution in [0.25, 0.3) is 71.4 Å². The van der Waals surface area contributed by atoms with E-state index >= 15 is 0 Å². The molecule has 0 radical (unpaired) electrons. The van der Waals surface area contributed by atoms with Crippen LogP contribution in [0.5, 0.6) is 0 Å². The molecule has 4 nitrogen and oxygen atoms in total. The summed E-state index contributed by atoms with van der Waals surface area (Å²) in [6, 6.07) is 17.0. The van der Waals surface area contributed by atoms with Crippen LogP contribution in [0, 0.1) is 0 Å². The summed E-state index contributed by atoms with van der Waals surface area (Å²) in [4.78, 5) is 24.9. The van der Waals surface area contributed by atoms with Crippen molar-refractivity contribution in [1.82, 2.24) is 19.9 Å². The molecule has 0 aromatic carbocycles. The monoisotopic (exact) mass is 997 g/mol. The van der Waals surface area contributed by atoms with Crippen LogP contribution >= 0.6 is 34.0 Å². The van der Waals surface area contributed by atoms with Crippen LogP contribution in [0.4, 0.5) is 0 Å². The average Bonchev–Trinajstić information content (AvgIpc) is 4.10. The van der Waals surface area contributed by atoms with E-state index in [1.165, 1.54) is 121 Å². The standard InChI is InChI=1S/C64H76N4S3/c1-7-13-19-51-45-69-61(53(51)21-15-9-3)37-29-47-25-33-57(65-41-47)59-35-27-49(43-67-59)31-39-63-55(23-17-11-5)56(24-18-12-6)64(71-63)40-32-50-28-36-60(68-44-50)58-34-26-48(42-66-58)30-38-62-54(22-16-10-4)52(46-70-62)20-14-8-2/h25-46H,7-24H2,1-6H3/b37-29+,38-30+,39-31+,40-32+. The number of hydrogen-bond donors (Lipinski definition) is 0. The van der Waals surface area contributed by atoms with Gasteiger partial charge < -0.3 is 0 Å². The molecule has 0 atom stereocenters. The summed E-state index contributed by atoms with van der Waals surface area (Å²) >= 11 is 5.67. The molecule has 0 fully saturated rings. The molecule has 7 rings (SSSR count). The van der Waals surface area contributed by atoms with Crippen molar-refractivity contribution in [3.63, 3.8) is 0 Å². The molecule has 7 heterocycles. The Labute approximate surface area is 438 Å². The first-order valence-corrected chi connectivity index (χ1v) is 29.4. The topological polar surface area (TPSA) is 51.6 Å². The lowest BCUT2D eigenvalue weighted by atomic mass is 9.97. The number of aryl methyl sites for hydroxylation is 2. The van der Waals surface area contributed by atoms with Crippen molar-refractivity contribution in [1.29, 1.82) is 0 Å². The molecule has 7 aromatic heterocycles. The van der Waals surface area contributed by atoms with Gasteiger partial charge in [0.15, 0.2) is 0 Å². The van der Waals surface area contributed by atoms with Gasteiger partial charge in [0.05, 0.1) is 22.8 Å². The van der Waals surface area contributed by atoms with Crippen molar-refractivity contribution in [2.24, 2.45) is 0 Å². The molecule has 0 aliphatic rings. The number of hydrogen-bond acceptors (Lipinski definition) is 7. The van der Waals surface area contributed by atoms with Crippen molar-refractivity contribution >= 4 is 82.6 Å². The first-order chi connectivity index (χ1) is 34.9. The largest absolute Gasteiger partial charge is 0.254 e. The third kappa shape index (κ3) is 15.3. The fraction of sp³-hybridized carbons (Fsp3) is 0.375. The molecule has 0 saturated carbocycles. The third-order valence-electron chi connectivity index (χ3n) is 13.3. The molecule has 7 heteroatoms. The Morgan fingerprint density at radius 3 is 0.887 bits per heavy atom. The zero-order valence-corrected chi connectivity index (χ0v) is 45.9. The number of rotatable bonds is 28. The van der Waals surface area contributed by atoms with E-state index in [-0.39, 0.29) is 0 Å². The van der Waals surface area contributed by atoms with Gasteiger partial charge in [-0.05, 0) is 192 Å². The summed E-state index contributed by atoms with van der Waals surface area (Å²) in [5, 5.41) is 4.76. The van der Waals surface area contributed by atoms with E-state index in [1.54, 1.807) is 22.3 Å². The predicted molar refractivity (Wildman–Crippen MR) is 315 cm³/mol. The lowest BCUT2D eigenvalue weighted by molar-refractivity contribution is 0.761. The lowest BCUT2D eigenvalue weighted by Crippen LogP contribution is -1.94. The second-order valence-electron chi connectivity index (χ2n) is 18.9. The Kier molecular flexibility index (Phi) is 21.6. The molecule has 0 bridgehead atoms. The maximum atomic E-state index is 4.86. The number of nitrogens with zero attached hydrogens (tertiary/aromatic N) is 4. The van der Waals surface area contributed by atoms with Crippen molar-refractivity contribution < 1.29 is 0 Å². The molecule has 0 aliphatic heterocycles. The average molecular weight is 998 g/mol. The van der Waals surface area contributed by atoms with Gasteiger partial charge in [0.2, 0.25) is 0 Å². The minimum absolute atomic E-state index is 0.883. The fourth-order valence-corrected chi connectivity index (χ4v) is 12.3. The molecule has 7 aromatic rings. The van der Waals surface area contributed by atoms with Crippen LogP contribution < -0.4 is 0 Å². The maximum absolute atomic E-state index is 4.86. The highest BCUT2D eigenvalue weighted by atomic mass is 32.1. The Bertz CT molecular complexity index is 2610. The number of aromatic nitrogens is 4. The summed E-state index contributed by atoms with van der Waals surface area (Å²) in [5.41, 5.74) is 17.1. The van der Waals surface area contributed by atoms with Gasteiger partial charge in [-0.15, -0.1) is 34.0 Å². The van der Waals surface area contributed by atoms with Crippen molar-refractivity contribution in [2.75, 3.05) is 0 Å². The number of unbranched alkanes of at least 4 members (excludes halogenated alkanes) is 6. The van der Waals surface area contributed by atoms with Crippen molar-refractivity contribution in [2.45, 2.75) is 157 Å². The third-order valence-corrected chi connectivity index (χ3v) is 16.6. The van der Waals surface area contributed by atoms with Gasteiger partial charge in [-0.25, -0.2) is 0 Å². The van der Waals surface area contributed by atoms with Gasteiger partial charge in [-0.3, -0.25) is 19.9 Å². The summed E-state index contributed by atoms with van der Waals surface area (Å²) in [7, 11) is 0. The normalized spacial score (nSPS) is 12.0. The van der Waals surface area contributed by atoms with Gasteiger partial charge in [-0.2, -0.15) is 0 Å². The Balaban J connectivity index is 1.01. The highest BCUT2D eigenvalue weighted by Gasteiger charge is 2.16. The van der Waals surface area contributed by atoms with Gasteiger partial charge in [-0.1, -0.05) is 129 Å². The van der Waals surface area contributed by atoms with E-state index in [1.807, 2.05) is 58.8 Å². The molecule has 0 aliphatic carbocycles. The molecular weight excluding hydrogens is 921 g/mol. The molecule has 370 valence electrons. The molecule has 0 amide bonds. The van der Waals surface area contributed by atoms with Gasteiger partial charge >= 0.3 is 0 Å². The second-order valence-corrected chi connectivity index (χ2v) is 21.8. The van der Waals surface area contributed by atoms with Crippen molar-refractivity contribution in [3.05, 3.63) is 159 Å². The van der Waals surface area contributed by atoms with Gasteiger partial charge in [0, 0.05) is 44.3 Å². The first kappa shape index (κ1) is 53.5. The zero-order valence-electron chi connectivity index (χ0n) is 43.4. The van der Waals surface area contributed by atoms with Crippen LogP contribution in [-0.4, -0.2) is 19.9 Å². The van der Waals surface area contributed by atoms with Gasteiger partial charge in [0.25, 0.3) is 0 Å². The lowest BCUT2D eigenvalue weighted by Gasteiger charge is -2.07. The van der Waals surface area contributed by atoms with E-state index in [0.717, 1.165) is 70.7 Å². The molecule has 71 heavy (non-hydrogen) atoms. The number of pyridine rings is 4. The van der Waals surface area contributed by atoms with E-state index in [9.17, 15) is 0 Å². The fourth-order valence-electron chi connectivity index (χ4n) is 8.95. The van der Waals surface area contributed by atoms with Crippen LogP contribution in [0.2, 0.25) is 0 Å². The molecule has 0 unspecified atom stereocenters. The minimum Gasteiger partial charge on any atom is -0.254 e. The number of thiophene rings is 3. The van der Waals surface area contributed by atoms with Crippen LogP contribution in [0.1, 0.15) is 194 Å².